The molecule has 0 aliphatic rings. The number of hydrogen-bond acceptors (Lipinski definition) is 5. The smallest absolute Gasteiger partial charge is 0.314 e. The predicted octanol–water partition coefficient (Wildman–Crippen LogP) is 4.31. The van der Waals surface area contributed by atoms with E-state index in [1.807, 2.05) is 57.3 Å². The molecule has 2 aromatic rings. The van der Waals surface area contributed by atoms with Gasteiger partial charge < -0.3 is 4.74 Å². The van der Waals surface area contributed by atoms with Crippen LogP contribution in [0.1, 0.15) is 54.4 Å². The zero-order valence-electron chi connectivity index (χ0n) is 15.2. The molecule has 0 fully saturated rings. The summed E-state index contributed by atoms with van der Waals surface area (Å²) in [5.74, 6) is -0.618. The van der Waals surface area contributed by atoms with Crippen LogP contribution >= 0.6 is 11.3 Å². The fourth-order valence-electron chi connectivity index (χ4n) is 2.69. The highest BCUT2D eigenvalue weighted by Crippen LogP contribution is 2.21. The molecule has 0 aliphatic carbocycles. The van der Waals surface area contributed by atoms with Gasteiger partial charge in [0, 0.05) is 5.56 Å². The second-order valence-corrected chi connectivity index (χ2v) is 6.86. The first-order valence-electron chi connectivity index (χ1n) is 8.60. The summed E-state index contributed by atoms with van der Waals surface area (Å²) in [6.45, 7) is 9.46. The third-order valence-corrected chi connectivity index (χ3v) is 5.25. The van der Waals surface area contributed by atoms with E-state index in [0.29, 0.717) is 10.4 Å². The number of thiophene rings is 1. The molecule has 0 saturated carbocycles. The molecule has 2 rings (SSSR count). The molecule has 0 saturated heterocycles. The quantitative estimate of drug-likeness (QED) is 0.400. The number of carbonyl (C=O) groups excluding carboxylic acids is 2. The maximum Gasteiger partial charge on any atom is 0.314 e. The molecule has 25 heavy (non-hydrogen) atoms. The third-order valence-electron chi connectivity index (χ3n) is 4.38. The summed E-state index contributed by atoms with van der Waals surface area (Å²) in [7, 11) is 0. The maximum absolute atomic E-state index is 12.4. The first-order chi connectivity index (χ1) is 12.0. The number of benzene rings is 1. The van der Waals surface area contributed by atoms with Gasteiger partial charge >= 0.3 is 5.97 Å². The van der Waals surface area contributed by atoms with E-state index in [1.165, 1.54) is 11.3 Å². The Balaban J connectivity index is 2.03. The van der Waals surface area contributed by atoms with E-state index >= 15 is 0 Å². The van der Waals surface area contributed by atoms with Crippen LogP contribution in [0.4, 0.5) is 0 Å². The molecule has 4 nitrogen and oxygen atoms in total. The van der Waals surface area contributed by atoms with E-state index in [4.69, 9.17) is 4.74 Å². The van der Waals surface area contributed by atoms with Gasteiger partial charge in [-0.25, -0.2) is 0 Å². The zero-order chi connectivity index (χ0) is 18.4. The van der Waals surface area contributed by atoms with Gasteiger partial charge in [-0.2, -0.15) is 0 Å². The van der Waals surface area contributed by atoms with Gasteiger partial charge in [0.1, 0.15) is 0 Å². The van der Waals surface area contributed by atoms with Gasteiger partial charge in [-0.15, -0.1) is 11.3 Å². The number of rotatable bonds is 8. The molecule has 1 aromatic carbocycles. The number of ether oxygens (including phenoxy) is 1. The largest absolute Gasteiger partial charge is 0.446 e. The summed E-state index contributed by atoms with van der Waals surface area (Å²) >= 11 is 1.43. The summed E-state index contributed by atoms with van der Waals surface area (Å²) < 4.78 is 5.57. The van der Waals surface area contributed by atoms with E-state index in [-0.39, 0.29) is 23.9 Å². The molecule has 0 spiro atoms. The Labute approximate surface area is 153 Å². The molecule has 1 heterocycles. The van der Waals surface area contributed by atoms with Crippen molar-refractivity contribution >= 4 is 23.1 Å². The van der Waals surface area contributed by atoms with Gasteiger partial charge in [0.15, 0.2) is 6.23 Å². The van der Waals surface area contributed by atoms with Gasteiger partial charge in [-0.05, 0) is 43.9 Å². The maximum atomic E-state index is 12.4. The van der Waals surface area contributed by atoms with Crippen molar-refractivity contribution in [3.8, 4) is 0 Å². The van der Waals surface area contributed by atoms with Crippen molar-refractivity contribution in [3.63, 3.8) is 0 Å². The standard InChI is InChI=1S/C20H25NO3S/c1-5-21(6-2)15(4)24-20(23)14(3)16-9-11-17(12-10-16)19(22)18-8-7-13-25-18/h7-15H,5-6H2,1-4H3. The Kier molecular flexibility index (Phi) is 6.91. The Bertz CT molecular complexity index is 690. The Morgan fingerprint density at radius 1 is 1.08 bits per heavy atom. The van der Waals surface area contributed by atoms with Gasteiger partial charge in [-0.3, -0.25) is 14.5 Å². The first-order valence-corrected chi connectivity index (χ1v) is 9.48. The average molecular weight is 359 g/mol. The monoisotopic (exact) mass is 359 g/mol. The van der Waals surface area contributed by atoms with Crippen LogP contribution in [0.5, 0.6) is 0 Å². The van der Waals surface area contributed by atoms with Gasteiger partial charge in [0.2, 0.25) is 5.78 Å². The van der Waals surface area contributed by atoms with Crippen LogP contribution in [0.3, 0.4) is 0 Å². The molecular formula is C20H25NO3S. The van der Waals surface area contributed by atoms with Crippen molar-refractivity contribution in [3.05, 3.63) is 57.8 Å². The van der Waals surface area contributed by atoms with E-state index in [2.05, 4.69) is 4.90 Å². The van der Waals surface area contributed by atoms with Crippen LogP contribution < -0.4 is 0 Å². The number of ketones is 1. The molecule has 0 bridgehead atoms. The van der Waals surface area contributed by atoms with Crippen LogP contribution in [0.2, 0.25) is 0 Å². The second kappa shape index (κ2) is 8.92. The first kappa shape index (κ1) is 19.3. The number of nitrogens with zero attached hydrogens (tertiary/aromatic N) is 1. The van der Waals surface area contributed by atoms with E-state index in [1.54, 1.807) is 12.1 Å². The molecular weight excluding hydrogens is 334 g/mol. The van der Waals surface area contributed by atoms with Crippen LogP contribution in [0.15, 0.2) is 41.8 Å². The number of carbonyl (C=O) groups is 2. The highest BCUT2D eigenvalue weighted by Gasteiger charge is 2.22. The Hall–Kier alpha value is -1.98. The van der Waals surface area contributed by atoms with Gasteiger partial charge in [0.05, 0.1) is 10.8 Å². The van der Waals surface area contributed by atoms with Crippen LogP contribution in [-0.4, -0.2) is 36.0 Å². The summed E-state index contributed by atoms with van der Waals surface area (Å²) in [6, 6.07) is 10.9. The van der Waals surface area contributed by atoms with E-state index in [9.17, 15) is 9.59 Å². The SMILES string of the molecule is CCN(CC)C(C)OC(=O)C(C)c1ccc(C(=O)c2cccs2)cc1. The van der Waals surface area contributed by atoms with Gasteiger partial charge in [0.25, 0.3) is 0 Å². The third kappa shape index (κ3) is 4.77. The lowest BCUT2D eigenvalue weighted by Crippen LogP contribution is -2.37. The predicted molar refractivity (Wildman–Crippen MR) is 101 cm³/mol. The number of esters is 1. The molecule has 0 radical (unpaired) electrons. The second-order valence-electron chi connectivity index (χ2n) is 5.91. The van der Waals surface area contributed by atoms with Crippen molar-refractivity contribution in [1.82, 2.24) is 4.90 Å². The Morgan fingerprint density at radius 3 is 2.24 bits per heavy atom. The normalized spacial score (nSPS) is 13.5. The number of hydrogen-bond donors (Lipinski definition) is 0. The molecule has 2 unspecified atom stereocenters. The van der Waals surface area contributed by atoms with Crippen molar-refractivity contribution in [2.75, 3.05) is 13.1 Å². The lowest BCUT2D eigenvalue weighted by molar-refractivity contribution is -0.158. The van der Waals surface area contributed by atoms with Gasteiger partial charge in [-0.1, -0.05) is 44.2 Å². The average Bonchev–Trinajstić information content (AvgIpc) is 3.16. The van der Waals surface area contributed by atoms with Crippen LogP contribution in [-0.2, 0) is 9.53 Å². The summed E-state index contributed by atoms with van der Waals surface area (Å²) in [5.41, 5.74) is 1.47. The minimum atomic E-state index is -0.371. The summed E-state index contributed by atoms with van der Waals surface area (Å²) in [6.07, 6.45) is -0.246. The lowest BCUT2D eigenvalue weighted by Gasteiger charge is -2.27. The Morgan fingerprint density at radius 2 is 1.72 bits per heavy atom. The topological polar surface area (TPSA) is 46.6 Å². The molecule has 2 atom stereocenters. The van der Waals surface area contributed by atoms with Crippen molar-refractivity contribution < 1.29 is 14.3 Å². The lowest BCUT2D eigenvalue weighted by atomic mass is 9.98. The van der Waals surface area contributed by atoms with E-state index in [0.717, 1.165) is 18.7 Å². The highest BCUT2D eigenvalue weighted by atomic mass is 32.1. The fraction of sp³-hybridized carbons (Fsp3) is 0.400. The molecule has 5 heteroatoms. The summed E-state index contributed by atoms with van der Waals surface area (Å²) in [4.78, 5) is 27.5. The minimum absolute atomic E-state index is 0.00642. The molecule has 134 valence electrons. The minimum Gasteiger partial charge on any atom is -0.446 e. The van der Waals surface area contributed by atoms with Crippen LogP contribution in [0, 0.1) is 0 Å². The van der Waals surface area contributed by atoms with Crippen LogP contribution in [0.25, 0.3) is 0 Å². The van der Waals surface area contributed by atoms with Crippen molar-refractivity contribution in [2.24, 2.45) is 0 Å². The summed E-state index contributed by atoms with van der Waals surface area (Å²) in [5, 5.41) is 1.89. The molecule has 1 aromatic heterocycles. The van der Waals surface area contributed by atoms with E-state index < -0.39 is 0 Å². The molecule has 0 amide bonds. The van der Waals surface area contributed by atoms with Crippen molar-refractivity contribution in [2.45, 2.75) is 39.8 Å². The van der Waals surface area contributed by atoms with Crippen molar-refractivity contribution in [1.29, 1.82) is 0 Å². The highest BCUT2D eigenvalue weighted by molar-refractivity contribution is 7.12. The zero-order valence-corrected chi connectivity index (χ0v) is 16.0. The fourth-order valence-corrected chi connectivity index (χ4v) is 3.38. The molecule has 0 N–H and O–H groups in total. The molecule has 0 aliphatic heterocycles.